The van der Waals surface area contributed by atoms with Crippen molar-refractivity contribution in [3.05, 3.63) is 170 Å². The Morgan fingerprint density at radius 3 is 2.06 bits per heavy atom. The monoisotopic (exact) mass is 668 g/mol. The van der Waals surface area contributed by atoms with E-state index in [4.69, 9.17) is 18.2 Å². The molecule has 0 aliphatic heterocycles. The van der Waals surface area contributed by atoms with Crippen molar-refractivity contribution in [3.8, 4) is 22.6 Å². The summed E-state index contributed by atoms with van der Waals surface area (Å²) in [7, 11) is 0. The zero-order chi connectivity index (χ0) is 34.2. The number of hydrogen-bond donors (Lipinski definition) is 0. The minimum Gasteiger partial charge on any atom is -0.456 e. The minimum atomic E-state index is 0.562. The second-order valence-electron chi connectivity index (χ2n) is 13.1. The van der Waals surface area contributed by atoms with Crippen molar-refractivity contribution in [2.45, 2.75) is 0 Å². The molecule has 0 amide bonds. The van der Waals surface area contributed by atoms with Gasteiger partial charge in [0.1, 0.15) is 22.3 Å². The first-order valence-corrected chi connectivity index (χ1v) is 17.4. The maximum Gasteiger partial charge on any atom is 0.228 e. The molecule has 11 aromatic rings. The van der Waals surface area contributed by atoms with Gasteiger partial charge in [-0.3, -0.25) is 0 Å². The number of nitrogens with zero attached hydrogens (tertiary/aromatic N) is 2. The summed E-state index contributed by atoms with van der Waals surface area (Å²) in [5, 5.41) is 6.50. The third kappa shape index (κ3) is 4.39. The fraction of sp³-hybridized carbons (Fsp3) is 0. The summed E-state index contributed by atoms with van der Waals surface area (Å²) in [4.78, 5) is 7.15. The van der Waals surface area contributed by atoms with E-state index in [2.05, 4.69) is 126 Å². The van der Waals surface area contributed by atoms with Gasteiger partial charge in [-0.05, 0) is 88.6 Å². The first-order valence-electron chi connectivity index (χ1n) is 17.4. The molecule has 0 aliphatic rings. The Hall–Kier alpha value is -7.11. The van der Waals surface area contributed by atoms with E-state index in [0.29, 0.717) is 5.89 Å². The molecule has 52 heavy (non-hydrogen) atoms. The van der Waals surface area contributed by atoms with Gasteiger partial charge in [0.25, 0.3) is 0 Å². The zero-order valence-electron chi connectivity index (χ0n) is 27.8. The quantitative estimate of drug-likeness (QED) is 0.183. The van der Waals surface area contributed by atoms with Gasteiger partial charge < -0.3 is 18.2 Å². The second kappa shape index (κ2) is 11.2. The van der Waals surface area contributed by atoms with E-state index >= 15 is 0 Å². The molecule has 0 fully saturated rings. The van der Waals surface area contributed by atoms with Crippen LogP contribution in [0.3, 0.4) is 0 Å². The normalized spacial score (nSPS) is 11.8. The Labute approximate surface area is 297 Å². The number of oxazole rings is 1. The Morgan fingerprint density at radius 2 is 1.12 bits per heavy atom. The summed E-state index contributed by atoms with van der Waals surface area (Å²) in [5.74, 6) is 0.562. The van der Waals surface area contributed by atoms with Gasteiger partial charge in [-0.25, -0.2) is 4.98 Å². The predicted molar refractivity (Wildman–Crippen MR) is 212 cm³/mol. The number of para-hydroxylation sites is 4. The van der Waals surface area contributed by atoms with Gasteiger partial charge >= 0.3 is 0 Å². The maximum atomic E-state index is 6.65. The van der Waals surface area contributed by atoms with Crippen molar-refractivity contribution in [3.63, 3.8) is 0 Å². The van der Waals surface area contributed by atoms with Gasteiger partial charge in [-0.2, -0.15) is 0 Å². The van der Waals surface area contributed by atoms with Crippen LogP contribution in [0.5, 0.6) is 0 Å². The van der Waals surface area contributed by atoms with Crippen LogP contribution >= 0.6 is 0 Å². The molecule has 0 N–H and O–H groups in total. The SMILES string of the molecule is c1cc(-c2cccc3ccccc23)cc(N(c2ccc3oc4cccc(-c5nc6ccccc6o5)c4c3c2)c2cccc3c2oc2ccccc23)c1. The molecule has 11 rings (SSSR count). The summed E-state index contributed by atoms with van der Waals surface area (Å²) >= 11 is 0. The van der Waals surface area contributed by atoms with Crippen LogP contribution in [0.2, 0.25) is 0 Å². The van der Waals surface area contributed by atoms with Crippen LogP contribution in [0.1, 0.15) is 0 Å². The van der Waals surface area contributed by atoms with E-state index in [0.717, 1.165) is 83.2 Å². The third-order valence-corrected chi connectivity index (χ3v) is 10.1. The molecule has 3 heterocycles. The van der Waals surface area contributed by atoms with Crippen LogP contribution in [-0.2, 0) is 0 Å². The highest BCUT2D eigenvalue weighted by molar-refractivity contribution is 6.14. The van der Waals surface area contributed by atoms with Crippen LogP contribution in [0.25, 0.3) is 88.3 Å². The smallest absolute Gasteiger partial charge is 0.228 e. The van der Waals surface area contributed by atoms with E-state index < -0.39 is 0 Å². The predicted octanol–water partition coefficient (Wildman–Crippen LogP) is 13.6. The van der Waals surface area contributed by atoms with Crippen molar-refractivity contribution < 1.29 is 13.3 Å². The largest absolute Gasteiger partial charge is 0.456 e. The number of furan rings is 2. The molecule has 3 aromatic heterocycles. The highest BCUT2D eigenvalue weighted by Crippen LogP contribution is 2.45. The summed E-state index contributed by atoms with van der Waals surface area (Å²) in [5.41, 5.74) is 10.9. The highest BCUT2D eigenvalue weighted by atomic mass is 16.4. The Balaban J connectivity index is 1.16. The van der Waals surface area contributed by atoms with E-state index in [1.54, 1.807) is 0 Å². The van der Waals surface area contributed by atoms with Gasteiger partial charge in [0.15, 0.2) is 11.2 Å². The Kier molecular flexibility index (Phi) is 6.18. The van der Waals surface area contributed by atoms with Gasteiger partial charge in [0, 0.05) is 38.5 Å². The van der Waals surface area contributed by atoms with Gasteiger partial charge in [0.05, 0.1) is 5.69 Å². The minimum absolute atomic E-state index is 0.562. The number of fused-ring (bicyclic) bond motifs is 8. The van der Waals surface area contributed by atoms with Crippen molar-refractivity contribution in [1.82, 2.24) is 4.98 Å². The number of anilines is 3. The van der Waals surface area contributed by atoms with Gasteiger partial charge in [-0.1, -0.05) is 103 Å². The van der Waals surface area contributed by atoms with E-state index in [1.165, 1.54) is 16.3 Å². The van der Waals surface area contributed by atoms with Crippen molar-refractivity contribution in [1.29, 1.82) is 0 Å². The van der Waals surface area contributed by atoms with E-state index in [1.807, 2.05) is 48.5 Å². The lowest BCUT2D eigenvalue weighted by Gasteiger charge is -2.26. The van der Waals surface area contributed by atoms with Crippen molar-refractivity contribution >= 4 is 82.8 Å². The zero-order valence-corrected chi connectivity index (χ0v) is 27.8. The van der Waals surface area contributed by atoms with Gasteiger partial charge in [0.2, 0.25) is 5.89 Å². The number of rotatable bonds is 5. The Morgan fingerprint density at radius 1 is 0.423 bits per heavy atom. The first-order chi connectivity index (χ1) is 25.8. The molecular formula is C47H28N2O3. The molecule has 0 atom stereocenters. The summed E-state index contributed by atoms with van der Waals surface area (Å²) in [6.45, 7) is 0. The van der Waals surface area contributed by atoms with E-state index in [9.17, 15) is 0 Å². The fourth-order valence-corrected chi connectivity index (χ4v) is 7.74. The molecule has 0 saturated carbocycles. The molecule has 5 heteroatoms. The average molecular weight is 669 g/mol. The van der Waals surface area contributed by atoms with Crippen LogP contribution in [0, 0.1) is 0 Å². The lowest BCUT2D eigenvalue weighted by Crippen LogP contribution is -2.10. The van der Waals surface area contributed by atoms with E-state index in [-0.39, 0.29) is 0 Å². The molecule has 8 aromatic carbocycles. The van der Waals surface area contributed by atoms with Crippen LogP contribution < -0.4 is 4.90 Å². The summed E-state index contributed by atoms with van der Waals surface area (Å²) in [6.07, 6.45) is 0. The molecular weight excluding hydrogens is 641 g/mol. The van der Waals surface area contributed by atoms with Crippen molar-refractivity contribution in [2.24, 2.45) is 0 Å². The summed E-state index contributed by atoms with van der Waals surface area (Å²) < 4.78 is 19.4. The lowest BCUT2D eigenvalue weighted by atomic mass is 9.97. The first kappa shape index (κ1) is 28.7. The molecule has 0 spiro atoms. The lowest BCUT2D eigenvalue weighted by molar-refractivity contribution is 0.620. The number of aromatic nitrogens is 1. The fourth-order valence-electron chi connectivity index (χ4n) is 7.74. The maximum absolute atomic E-state index is 6.65. The average Bonchev–Trinajstić information content (AvgIpc) is 3.92. The topological polar surface area (TPSA) is 55.6 Å². The van der Waals surface area contributed by atoms with Crippen LogP contribution in [0.15, 0.2) is 183 Å². The highest BCUT2D eigenvalue weighted by Gasteiger charge is 2.23. The standard InChI is InChI=1S/C47H28N2O3/c1-2-15-33-29(11-1)12-8-17-34(33)30-13-7-14-31(27-30)49(40-21-9-18-36-35-16-3-5-22-41(35)51-46(36)40)32-25-26-42-38(28-32)45-37(19-10-24-44(45)50-42)47-48-39-20-4-6-23-43(39)52-47/h1-28H. The molecule has 0 unspecified atom stereocenters. The van der Waals surface area contributed by atoms with Crippen LogP contribution in [0.4, 0.5) is 17.1 Å². The second-order valence-corrected chi connectivity index (χ2v) is 13.1. The number of hydrogen-bond acceptors (Lipinski definition) is 5. The molecule has 0 radical (unpaired) electrons. The number of benzene rings is 8. The van der Waals surface area contributed by atoms with Crippen molar-refractivity contribution in [2.75, 3.05) is 4.90 Å². The molecule has 0 bridgehead atoms. The summed E-state index contributed by atoms with van der Waals surface area (Å²) in [6, 6.07) is 58.7. The molecule has 0 aliphatic carbocycles. The Bertz CT molecular complexity index is 3130. The van der Waals surface area contributed by atoms with Gasteiger partial charge in [-0.15, -0.1) is 0 Å². The third-order valence-electron chi connectivity index (χ3n) is 10.1. The van der Waals surface area contributed by atoms with Crippen LogP contribution in [-0.4, -0.2) is 4.98 Å². The molecule has 244 valence electrons. The molecule has 5 nitrogen and oxygen atoms in total. The molecule has 0 saturated heterocycles.